The maximum Gasteiger partial charge on any atom is 0.342 e. The lowest BCUT2D eigenvalue weighted by Gasteiger charge is -2.06. The lowest BCUT2D eigenvalue weighted by molar-refractivity contribution is -0.216. The second kappa shape index (κ2) is 1.47. The zero-order valence-corrected chi connectivity index (χ0v) is 4.42. The highest BCUT2D eigenvalue weighted by Gasteiger charge is 2.11. The van der Waals surface area contributed by atoms with Crippen molar-refractivity contribution in [1.82, 2.24) is 4.90 Å². The van der Waals surface area contributed by atoms with Gasteiger partial charge in [-0.2, -0.15) is 0 Å². The molecule has 0 saturated carbocycles. The van der Waals surface area contributed by atoms with Crippen LogP contribution >= 0.6 is 0 Å². The summed E-state index contributed by atoms with van der Waals surface area (Å²) in [7, 11) is 1.54. The number of carbonyl (C=O) groups excluding carboxylic acids is 1. The first-order valence-electron chi connectivity index (χ1n) is 2.20. The molecule has 4 heteroatoms. The van der Waals surface area contributed by atoms with Crippen LogP contribution in [0.5, 0.6) is 0 Å². The van der Waals surface area contributed by atoms with Crippen LogP contribution in [0, 0.1) is 0 Å². The number of carbonyl (C=O) groups is 1. The lowest BCUT2D eigenvalue weighted by Crippen LogP contribution is -2.26. The molecule has 0 bridgehead atoms. The Labute approximate surface area is 46.4 Å². The van der Waals surface area contributed by atoms with Gasteiger partial charge in [-0.15, -0.1) is 0 Å². The Hall–Kier alpha value is -1.06. The topological polar surface area (TPSA) is 55.7 Å². The van der Waals surface area contributed by atoms with Crippen LogP contribution in [0.2, 0.25) is 0 Å². The standard InChI is InChI=1S/C4H6N2O2/c1-6-2-3(7)5-4(6)8/h2H2,1H3,(H,5,7,8)/p-1. The zero-order valence-electron chi connectivity index (χ0n) is 4.42. The third-order valence-electron chi connectivity index (χ3n) is 0.919. The van der Waals surface area contributed by atoms with Gasteiger partial charge in [-0.25, -0.2) is 9.79 Å². The van der Waals surface area contributed by atoms with Crippen molar-refractivity contribution in [3.05, 3.63) is 0 Å². The Morgan fingerprint density at radius 3 is 2.62 bits per heavy atom. The van der Waals surface area contributed by atoms with Crippen LogP contribution in [0.3, 0.4) is 0 Å². The van der Waals surface area contributed by atoms with E-state index in [1.54, 1.807) is 0 Å². The molecule has 1 heterocycles. The minimum atomic E-state index is -0.435. The van der Waals surface area contributed by atoms with Gasteiger partial charge in [0.25, 0.3) is 0 Å². The SMILES string of the molecule is CN1CC([O-])=NC1=O. The number of nitrogens with zero attached hydrogens (tertiary/aromatic N) is 2. The van der Waals surface area contributed by atoms with Crippen molar-refractivity contribution < 1.29 is 9.90 Å². The number of likely N-dealkylation sites (N-methyl/N-ethyl adjacent to an activating group) is 1. The monoisotopic (exact) mass is 113 g/mol. The number of urea groups is 1. The van der Waals surface area contributed by atoms with E-state index in [1.165, 1.54) is 11.9 Å². The van der Waals surface area contributed by atoms with Crippen LogP contribution in [0.1, 0.15) is 0 Å². The van der Waals surface area contributed by atoms with Gasteiger partial charge < -0.3 is 10.0 Å². The fourth-order valence-electron chi connectivity index (χ4n) is 0.498. The minimum Gasteiger partial charge on any atom is -0.860 e. The van der Waals surface area contributed by atoms with Gasteiger partial charge in [-0.3, -0.25) is 0 Å². The molecule has 1 aliphatic heterocycles. The molecule has 0 aromatic heterocycles. The van der Waals surface area contributed by atoms with E-state index in [2.05, 4.69) is 4.99 Å². The summed E-state index contributed by atoms with van der Waals surface area (Å²) in [5.41, 5.74) is 0. The van der Waals surface area contributed by atoms with E-state index in [0.717, 1.165) is 0 Å². The molecule has 0 aliphatic carbocycles. The van der Waals surface area contributed by atoms with E-state index in [0.29, 0.717) is 0 Å². The van der Waals surface area contributed by atoms with Crippen molar-refractivity contribution >= 4 is 11.9 Å². The van der Waals surface area contributed by atoms with Crippen LogP contribution in [0.4, 0.5) is 4.79 Å². The van der Waals surface area contributed by atoms with E-state index in [4.69, 9.17) is 0 Å². The van der Waals surface area contributed by atoms with E-state index < -0.39 is 6.03 Å². The van der Waals surface area contributed by atoms with Crippen LogP contribution in [0.15, 0.2) is 4.99 Å². The van der Waals surface area contributed by atoms with Crippen LogP contribution in [-0.4, -0.2) is 30.4 Å². The van der Waals surface area contributed by atoms with Crippen molar-refractivity contribution in [2.24, 2.45) is 4.99 Å². The van der Waals surface area contributed by atoms with Gasteiger partial charge in [-0.1, -0.05) is 0 Å². The Balaban J connectivity index is 2.70. The Bertz CT molecular complexity index is 152. The largest absolute Gasteiger partial charge is 0.860 e. The third-order valence-corrected chi connectivity index (χ3v) is 0.919. The van der Waals surface area contributed by atoms with E-state index in [9.17, 15) is 9.90 Å². The summed E-state index contributed by atoms with van der Waals surface area (Å²) in [6.45, 7) is 0.138. The van der Waals surface area contributed by atoms with E-state index in [1.807, 2.05) is 0 Å². The third kappa shape index (κ3) is 0.641. The highest BCUT2D eigenvalue weighted by Crippen LogP contribution is 1.95. The molecule has 0 spiro atoms. The first-order valence-corrected chi connectivity index (χ1v) is 2.20. The summed E-state index contributed by atoms with van der Waals surface area (Å²) < 4.78 is 0. The Morgan fingerprint density at radius 1 is 1.88 bits per heavy atom. The predicted octanol–water partition coefficient (Wildman–Crippen LogP) is -1.19. The van der Waals surface area contributed by atoms with Gasteiger partial charge in [-0.05, 0) is 5.90 Å². The summed E-state index contributed by atoms with van der Waals surface area (Å²) in [6.07, 6.45) is 0. The summed E-state index contributed by atoms with van der Waals surface area (Å²) in [6, 6.07) is -0.435. The molecule has 0 radical (unpaired) electrons. The molecular weight excluding hydrogens is 108 g/mol. The first kappa shape index (κ1) is 5.08. The van der Waals surface area contributed by atoms with Gasteiger partial charge in [0.2, 0.25) is 0 Å². The van der Waals surface area contributed by atoms with Gasteiger partial charge in [0.15, 0.2) is 0 Å². The second-order valence-corrected chi connectivity index (χ2v) is 1.64. The summed E-state index contributed by atoms with van der Waals surface area (Å²) in [4.78, 5) is 14.7. The maximum absolute atomic E-state index is 10.3. The molecule has 1 aliphatic rings. The molecule has 1 rings (SSSR count). The molecule has 0 atom stereocenters. The highest BCUT2D eigenvalue weighted by molar-refractivity contribution is 5.96. The molecule has 44 valence electrons. The fourth-order valence-corrected chi connectivity index (χ4v) is 0.498. The minimum absolute atomic E-state index is 0.138. The van der Waals surface area contributed by atoms with Crippen molar-refractivity contribution in [2.75, 3.05) is 13.6 Å². The molecule has 0 unspecified atom stereocenters. The van der Waals surface area contributed by atoms with Gasteiger partial charge >= 0.3 is 6.03 Å². The number of hydrogen-bond donors (Lipinski definition) is 0. The smallest absolute Gasteiger partial charge is 0.342 e. The summed E-state index contributed by atoms with van der Waals surface area (Å²) >= 11 is 0. The average Bonchev–Trinajstić information content (AvgIpc) is 1.85. The first-order chi connectivity index (χ1) is 3.70. The van der Waals surface area contributed by atoms with Crippen molar-refractivity contribution in [3.8, 4) is 0 Å². The average molecular weight is 113 g/mol. The van der Waals surface area contributed by atoms with Crippen LogP contribution in [-0.2, 0) is 0 Å². The summed E-state index contributed by atoms with van der Waals surface area (Å²) in [5, 5.41) is 10.2. The van der Waals surface area contributed by atoms with Gasteiger partial charge in [0.1, 0.15) is 0 Å². The van der Waals surface area contributed by atoms with Crippen molar-refractivity contribution in [2.45, 2.75) is 0 Å². The van der Waals surface area contributed by atoms with E-state index >= 15 is 0 Å². The maximum atomic E-state index is 10.3. The predicted molar refractivity (Wildman–Crippen MR) is 25.5 cm³/mol. The highest BCUT2D eigenvalue weighted by atomic mass is 16.3. The molecular formula is C4H5N2O2-. The number of hydrogen-bond acceptors (Lipinski definition) is 2. The Kier molecular flexibility index (Phi) is 0.932. The second-order valence-electron chi connectivity index (χ2n) is 1.64. The molecule has 2 amide bonds. The zero-order chi connectivity index (χ0) is 6.15. The van der Waals surface area contributed by atoms with Gasteiger partial charge in [0.05, 0.1) is 6.54 Å². The Morgan fingerprint density at radius 2 is 2.50 bits per heavy atom. The molecule has 0 aromatic carbocycles. The van der Waals surface area contributed by atoms with Crippen LogP contribution < -0.4 is 5.11 Å². The number of aliphatic imine (C=N–C) groups is 1. The van der Waals surface area contributed by atoms with Gasteiger partial charge in [0, 0.05) is 7.05 Å². The normalized spacial score (nSPS) is 19.4. The molecule has 4 nitrogen and oxygen atoms in total. The number of amides is 2. The molecule has 0 N–H and O–H groups in total. The van der Waals surface area contributed by atoms with Crippen molar-refractivity contribution in [3.63, 3.8) is 0 Å². The molecule has 0 fully saturated rings. The van der Waals surface area contributed by atoms with E-state index in [-0.39, 0.29) is 12.4 Å². The number of rotatable bonds is 0. The van der Waals surface area contributed by atoms with Crippen LogP contribution in [0.25, 0.3) is 0 Å². The van der Waals surface area contributed by atoms with Crippen molar-refractivity contribution in [1.29, 1.82) is 0 Å². The lowest BCUT2D eigenvalue weighted by atomic mass is 10.6. The summed E-state index contributed by atoms with van der Waals surface area (Å²) in [5.74, 6) is -0.350. The quantitative estimate of drug-likeness (QED) is 0.396. The molecule has 0 saturated heterocycles. The fraction of sp³-hybridized carbons (Fsp3) is 0.500. The molecule has 8 heavy (non-hydrogen) atoms. The molecule has 0 aromatic rings.